The molecule has 6 heterocycles. The van der Waals surface area contributed by atoms with Gasteiger partial charge in [0.1, 0.15) is 22.8 Å². The van der Waals surface area contributed by atoms with Crippen molar-refractivity contribution in [2.75, 3.05) is 29.5 Å². The standard InChI is InChI=1S/C22H25FN2O3.C20H21FN2O3.Na.H2O/c1-2-28-22(27)17-12-25(14-8-9-14)19-15-7-3-5-13-6-4-10-24(13)20(15)18(23)11-16(19)21(17)26;21-16-9-14-17(13-5-1-3-11-4-2-8-22(11)18(13)16)23(12-6-7-12)10-15(19(14)24)20(25)26;;/h11-14H,2-10H2,1H3;9-12H,1-8H2,(H,25,26);;1H2/q;;+1;/p-1/t13-;11-;;/m11../s1. The van der Waals surface area contributed by atoms with Crippen LogP contribution in [0, 0.1) is 11.6 Å². The van der Waals surface area contributed by atoms with Crippen LogP contribution in [0.4, 0.5) is 20.2 Å². The minimum atomic E-state index is -1.25. The second-order valence-electron chi connectivity index (χ2n) is 16.0. The number of carbonyl (C=O) groups excluding carboxylic acids is 1. The summed E-state index contributed by atoms with van der Waals surface area (Å²) in [6.45, 7) is 3.63. The third-order valence-electron chi connectivity index (χ3n) is 12.5. The van der Waals surface area contributed by atoms with Crippen molar-refractivity contribution in [2.24, 2.45) is 0 Å². The van der Waals surface area contributed by atoms with Gasteiger partial charge in [-0.15, -0.1) is 0 Å². The molecule has 2 aromatic carbocycles. The van der Waals surface area contributed by atoms with Crippen molar-refractivity contribution < 1.29 is 63.2 Å². The molecule has 11 nitrogen and oxygen atoms in total. The maximum Gasteiger partial charge on any atom is 1.00 e. The zero-order chi connectivity index (χ0) is 37.4. The first-order valence-electron chi connectivity index (χ1n) is 19.9. The SMILES string of the molecule is CCOC(=O)c1cn(C2CC2)c2c3c(c(F)cc2c1=O)N1CCC[C@H]1CCC3.O=C(O)c1cn(C2CC2)c2c3c(c(F)cc2c1=O)N1CCC[C@H]1CCC3.[Na+].[OH-]. The van der Waals surface area contributed by atoms with E-state index in [0.29, 0.717) is 28.8 Å². The van der Waals surface area contributed by atoms with Crippen LogP contribution in [0.15, 0.2) is 34.1 Å². The Hall–Kier alpha value is -3.78. The number of pyridine rings is 2. The summed E-state index contributed by atoms with van der Waals surface area (Å²) in [6, 6.07) is 3.89. The smallest absolute Gasteiger partial charge is 0.870 e. The number of rotatable bonds is 5. The van der Waals surface area contributed by atoms with Crippen molar-refractivity contribution >= 4 is 45.1 Å². The fraction of sp³-hybridized carbons (Fsp3) is 0.524. The predicted octanol–water partition coefficient (Wildman–Crippen LogP) is 4.26. The maximum absolute atomic E-state index is 15.3. The molecular formula is C42H47F2N4NaO7. The molecule has 2 N–H and O–H groups in total. The summed E-state index contributed by atoms with van der Waals surface area (Å²) >= 11 is 0. The molecular weight excluding hydrogens is 733 g/mol. The Morgan fingerprint density at radius 3 is 1.55 bits per heavy atom. The van der Waals surface area contributed by atoms with E-state index in [4.69, 9.17) is 4.74 Å². The maximum atomic E-state index is 15.3. The summed E-state index contributed by atoms with van der Waals surface area (Å²) in [5.74, 6) is -2.60. The molecule has 0 radical (unpaired) electrons. The van der Waals surface area contributed by atoms with Crippen LogP contribution >= 0.6 is 0 Å². The van der Waals surface area contributed by atoms with Gasteiger partial charge in [0.05, 0.1) is 29.0 Å². The Bertz CT molecular complexity index is 2350. The zero-order valence-electron chi connectivity index (χ0n) is 32.1. The van der Waals surface area contributed by atoms with Gasteiger partial charge in [-0.2, -0.15) is 0 Å². The van der Waals surface area contributed by atoms with Crippen LogP contribution in [0.3, 0.4) is 0 Å². The van der Waals surface area contributed by atoms with Crippen LogP contribution < -0.4 is 50.2 Å². The van der Waals surface area contributed by atoms with Crippen LogP contribution in [-0.2, 0) is 17.6 Å². The molecule has 14 heteroatoms. The molecule has 56 heavy (non-hydrogen) atoms. The molecule has 0 unspecified atom stereocenters. The molecule has 6 aliphatic rings. The van der Waals surface area contributed by atoms with Crippen molar-refractivity contribution in [1.82, 2.24) is 9.13 Å². The Labute approximate surface area is 345 Å². The molecule has 292 valence electrons. The number of nitrogens with zero attached hydrogens (tertiary/aromatic N) is 4. The minimum absolute atomic E-state index is 0. The number of anilines is 2. The van der Waals surface area contributed by atoms with Gasteiger partial charge in [-0.1, -0.05) is 0 Å². The normalized spacial score (nSPS) is 21.0. The largest absolute Gasteiger partial charge is 1.00 e. The van der Waals surface area contributed by atoms with E-state index < -0.39 is 22.8 Å². The molecule has 2 aromatic heterocycles. The van der Waals surface area contributed by atoms with Crippen molar-refractivity contribution in [3.05, 3.63) is 78.9 Å². The van der Waals surface area contributed by atoms with Crippen LogP contribution in [0.25, 0.3) is 21.8 Å². The van der Waals surface area contributed by atoms with Crippen LogP contribution in [0.1, 0.15) is 128 Å². The summed E-state index contributed by atoms with van der Waals surface area (Å²) < 4.78 is 39.5. The first-order chi connectivity index (χ1) is 26.2. The monoisotopic (exact) mass is 780 g/mol. The summed E-state index contributed by atoms with van der Waals surface area (Å²) in [7, 11) is 0. The minimum Gasteiger partial charge on any atom is -0.870 e. The van der Waals surface area contributed by atoms with Gasteiger partial charge in [0.15, 0.2) is 0 Å². The third-order valence-corrected chi connectivity index (χ3v) is 12.5. The quantitative estimate of drug-likeness (QED) is 0.232. The number of benzene rings is 2. The molecule has 4 aliphatic heterocycles. The van der Waals surface area contributed by atoms with Gasteiger partial charge in [-0.05, 0) is 109 Å². The summed E-state index contributed by atoms with van der Waals surface area (Å²) in [5.41, 5.74) is 3.49. The summed E-state index contributed by atoms with van der Waals surface area (Å²) in [6.07, 6.45) is 17.0. The number of carboxylic acids is 1. The van der Waals surface area contributed by atoms with E-state index in [1.54, 1.807) is 13.1 Å². The third kappa shape index (κ3) is 6.86. The van der Waals surface area contributed by atoms with Gasteiger partial charge < -0.3 is 34.3 Å². The number of hydrogen-bond donors (Lipinski definition) is 1. The number of aryl methyl sites for hydroxylation is 2. The Kier molecular flexibility index (Phi) is 11.5. The summed E-state index contributed by atoms with van der Waals surface area (Å²) in [4.78, 5) is 54.1. The fourth-order valence-electron chi connectivity index (χ4n) is 9.89. The Morgan fingerprint density at radius 1 is 0.696 bits per heavy atom. The van der Waals surface area contributed by atoms with Gasteiger partial charge in [0, 0.05) is 71.5 Å². The molecule has 2 saturated heterocycles. The number of halogens is 2. The molecule has 2 aliphatic carbocycles. The number of fused-ring (bicyclic) bond motifs is 10. The van der Waals surface area contributed by atoms with E-state index >= 15 is 8.78 Å². The molecule has 0 spiro atoms. The van der Waals surface area contributed by atoms with E-state index in [9.17, 15) is 24.3 Å². The Balaban J connectivity index is 0.000000166. The van der Waals surface area contributed by atoms with Crippen LogP contribution in [0.5, 0.6) is 0 Å². The molecule has 4 aromatic rings. The van der Waals surface area contributed by atoms with Gasteiger partial charge in [-0.25, -0.2) is 18.4 Å². The van der Waals surface area contributed by atoms with Crippen molar-refractivity contribution in [2.45, 2.75) is 121 Å². The average Bonchev–Trinajstić information content (AvgIpc) is 4.09. The first kappa shape index (κ1) is 40.4. The predicted molar refractivity (Wildman–Crippen MR) is 204 cm³/mol. The number of esters is 1. The number of aromatic carboxylic acids is 1. The van der Waals surface area contributed by atoms with Crippen molar-refractivity contribution in [1.29, 1.82) is 0 Å². The van der Waals surface area contributed by atoms with E-state index in [0.717, 1.165) is 125 Å². The van der Waals surface area contributed by atoms with Crippen LogP contribution in [-0.4, -0.2) is 63.4 Å². The van der Waals surface area contributed by atoms with Crippen molar-refractivity contribution in [3.8, 4) is 0 Å². The molecule has 0 bridgehead atoms. The first-order valence-corrected chi connectivity index (χ1v) is 19.9. The molecule has 0 amide bonds. The van der Waals surface area contributed by atoms with Crippen molar-refractivity contribution in [3.63, 3.8) is 0 Å². The number of carboxylic acid groups (broad SMARTS) is 1. The number of hydrogen-bond acceptors (Lipinski definition) is 8. The van der Waals surface area contributed by atoms with Gasteiger partial charge in [-0.3, -0.25) is 9.59 Å². The van der Waals surface area contributed by atoms with Gasteiger partial charge in [0.2, 0.25) is 10.9 Å². The van der Waals surface area contributed by atoms with E-state index in [1.807, 2.05) is 4.57 Å². The van der Waals surface area contributed by atoms with E-state index in [-0.39, 0.29) is 81.9 Å². The molecule has 4 fully saturated rings. The molecule has 2 saturated carbocycles. The topological polar surface area (TPSA) is 144 Å². The molecule has 2 atom stereocenters. The van der Waals surface area contributed by atoms with Gasteiger partial charge >= 0.3 is 41.5 Å². The fourth-order valence-corrected chi connectivity index (χ4v) is 9.89. The van der Waals surface area contributed by atoms with Gasteiger partial charge in [0.25, 0.3) is 0 Å². The molecule has 10 rings (SSSR count). The summed E-state index contributed by atoms with van der Waals surface area (Å²) in [5, 5.41) is 9.94. The van der Waals surface area contributed by atoms with Crippen LogP contribution in [0.2, 0.25) is 0 Å². The second kappa shape index (κ2) is 15.9. The zero-order valence-corrected chi connectivity index (χ0v) is 34.1. The van der Waals surface area contributed by atoms with E-state index in [1.165, 1.54) is 18.3 Å². The second-order valence-corrected chi connectivity index (χ2v) is 16.0. The average molecular weight is 781 g/mol. The van der Waals surface area contributed by atoms with E-state index in [2.05, 4.69) is 14.4 Å². The number of carbonyl (C=O) groups is 2. The number of aromatic nitrogens is 2. The number of ether oxygens (including phenoxy) is 1. The Morgan fingerprint density at radius 2 is 1.12 bits per heavy atom.